The second kappa shape index (κ2) is 2.53. The molecule has 3 N–H and O–H groups in total. The van der Waals surface area contributed by atoms with Gasteiger partial charge in [0.25, 0.3) is 5.56 Å². The summed E-state index contributed by atoms with van der Waals surface area (Å²) in [7, 11) is 0. The molecule has 2 saturated carbocycles. The van der Waals surface area contributed by atoms with E-state index in [2.05, 4.69) is 4.98 Å². The highest BCUT2D eigenvalue weighted by atomic mass is 16.2. The van der Waals surface area contributed by atoms with Crippen LogP contribution in [0.15, 0.2) is 15.8 Å². The minimum absolute atomic E-state index is 0.111. The Kier molecular flexibility index (Phi) is 1.48. The van der Waals surface area contributed by atoms with E-state index in [1.165, 1.54) is 30.0 Å². The fourth-order valence-electron chi connectivity index (χ4n) is 2.36. The topological polar surface area (TPSA) is 80.9 Å². The molecule has 2 fully saturated rings. The van der Waals surface area contributed by atoms with Crippen molar-refractivity contribution < 1.29 is 0 Å². The molecule has 3 rings (SSSR count). The van der Waals surface area contributed by atoms with Crippen LogP contribution in [0.3, 0.4) is 0 Å². The van der Waals surface area contributed by atoms with Crippen LogP contribution in [0.4, 0.5) is 5.69 Å². The number of rotatable bonds is 2. The van der Waals surface area contributed by atoms with E-state index < -0.39 is 5.56 Å². The van der Waals surface area contributed by atoms with E-state index in [9.17, 15) is 9.59 Å². The number of aromatic nitrogens is 2. The van der Waals surface area contributed by atoms with Gasteiger partial charge in [0.05, 0.1) is 0 Å². The van der Waals surface area contributed by atoms with Gasteiger partial charge in [0.2, 0.25) is 0 Å². The van der Waals surface area contributed by atoms with Gasteiger partial charge in [0, 0.05) is 12.7 Å². The molecule has 1 atom stereocenters. The summed E-state index contributed by atoms with van der Waals surface area (Å²) in [6.45, 7) is 0.694. The molecular weight excluding hydrogens is 194 g/mol. The highest BCUT2D eigenvalue weighted by Gasteiger charge is 2.62. The molecule has 5 heteroatoms. The van der Waals surface area contributed by atoms with Crippen LogP contribution in [0.25, 0.3) is 0 Å². The summed E-state index contributed by atoms with van der Waals surface area (Å²) in [6, 6.07) is 0. The smallest absolute Gasteiger partial charge is 0.328 e. The SMILES string of the molecule is Nc1cn(CC2CC23CC3)c(=O)[nH]c1=O. The molecule has 1 spiro atoms. The second-order valence-corrected chi connectivity index (χ2v) is 4.76. The van der Waals surface area contributed by atoms with Gasteiger partial charge < -0.3 is 5.73 Å². The Morgan fingerprint density at radius 3 is 2.87 bits per heavy atom. The van der Waals surface area contributed by atoms with Crippen molar-refractivity contribution in [2.24, 2.45) is 11.3 Å². The van der Waals surface area contributed by atoms with Crippen molar-refractivity contribution in [1.29, 1.82) is 0 Å². The maximum absolute atomic E-state index is 11.4. The van der Waals surface area contributed by atoms with Gasteiger partial charge >= 0.3 is 5.69 Å². The largest absolute Gasteiger partial charge is 0.393 e. The van der Waals surface area contributed by atoms with Gasteiger partial charge in [0.1, 0.15) is 5.69 Å². The Morgan fingerprint density at radius 1 is 1.53 bits per heavy atom. The van der Waals surface area contributed by atoms with Crippen LogP contribution in [-0.4, -0.2) is 9.55 Å². The number of aromatic amines is 1. The molecule has 0 aliphatic heterocycles. The molecule has 0 amide bonds. The van der Waals surface area contributed by atoms with Crippen LogP contribution in [0, 0.1) is 11.3 Å². The molecular formula is C10H13N3O2. The van der Waals surface area contributed by atoms with Crippen molar-refractivity contribution >= 4 is 5.69 Å². The number of hydrogen-bond donors (Lipinski definition) is 2. The molecule has 1 aromatic rings. The number of nitrogens with two attached hydrogens (primary N) is 1. The fourth-order valence-corrected chi connectivity index (χ4v) is 2.36. The fraction of sp³-hybridized carbons (Fsp3) is 0.600. The first kappa shape index (κ1) is 8.76. The summed E-state index contributed by atoms with van der Waals surface area (Å²) in [5.41, 5.74) is 5.29. The molecule has 15 heavy (non-hydrogen) atoms. The van der Waals surface area contributed by atoms with Crippen LogP contribution in [0.5, 0.6) is 0 Å². The van der Waals surface area contributed by atoms with Gasteiger partial charge in [-0.1, -0.05) is 0 Å². The van der Waals surface area contributed by atoms with Crippen molar-refractivity contribution in [2.75, 3.05) is 5.73 Å². The van der Waals surface area contributed by atoms with Crippen LogP contribution in [0.1, 0.15) is 19.3 Å². The summed E-state index contributed by atoms with van der Waals surface area (Å²) >= 11 is 0. The average molecular weight is 207 g/mol. The second-order valence-electron chi connectivity index (χ2n) is 4.76. The molecule has 1 heterocycles. The van der Waals surface area contributed by atoms with E-state index in [0.717, 1.165) is 0 Å². The van der Waals surface area contributed by atoms with Crippen LogP contribution in [0.2, 0.25) is 0 Å². The zero-order chi connectivity index (χ0) is 10.6. The lowest BCUT2D eigenvalue weighted by Crippen LogP contribution is -2.31. The average Bonchev–Trinajstić information content (AvgIpc) is 3.06. The number of nitrogen functional groups attached to an aromatic ring is 1. The summed E-state index contributed by atoms with van der Waals surface area (Å²) < 4.78 is 1.52. The van der Waals surface area contributed by atoms with Crippen molar-refractivity contribution in [1.82, 2.24) is 9.55 Å². The molecule has 2 aliphatic carbocycles. The number of anilines is 1. The zero-order valence-electron chi connectivity index (χ0n) is 8.32. The molecule has 2 aliphatic rings. The van der Waals surface area contributed by atoms with E-state index in [4.69, 9.17) is 5.73 Å². The monoisotopic (exact) mass is 207 g/mol. The van der Waals surface area contributed by atoms with Gasteiger partial charge in [-0.2, -0.15) is 0 Å². The minimum Gasteiger partial charge on any atom is -0.393 e. The summed E-state index contributed by atoms with van der Waals surface area (Å²) in [4.78, 5) is 24.7. The predicted octanol–water partition coefficient (Wildman–Crippen LogP) is -0.0811. The molecule has 1 aromatic heterocycles. The normalized spacial score (nSPS) is 25.5. The third-order valence-corrected chi connectivity index (χ3v) is 3.71. The molecule has 5 nitrogen and oxygen atoms in total. The first-order valence-electron chi connectivity index (χ1n) is 5.20. The van der Waals surface area contributed by atoms with Crippen molar-refractivity contribution in [3.63, 3.8) is 0 Å². The maximum Gasteiger partial charge on any atom is 0.328 e. The van der Waals surface area contributed by atoms with Gasteiger partial charge in [-0.25, -0.2) is 4.79 Å². The molecule has 80 valence electrons. The first-order valence-corrected chi connectivity index (χ1v) is 5.20. The van der Waals surface area contributed by atoms with Gasteiger partial charge in [-0.15, -0.1) is 0 Å². The Morgan fingerprint density at radius 2 is 2.27 bits per heavy atom. The minimum atomic E-state index is -0.492. The van der Waals surface area contributed by atoms with E-state index in [1.54, 1.807) is 0 Å². The summed E-state index contributed by atoms with van der Waals surface area (Å²) in [5, 5.41) is 0. The summed E-state index contributed by atoms with van der Waals surface area (Å²) in [5.74, 6) is 0.612. The zero-order valence-corrected chi connectivity index (χ0v) is 8.32. The molecule has 0 aromatic carbocycles. The van der Waals surface area contributed by atoms with E-state index in [1.807, 2.05) is 0 Å². The molecule has 0 bridgehead atoms. The third kappa shape index (κ3) is 1.30. The standard InChI is InChI=1S/C10H13N3O2/c11-7-5-13(9(15)12-8(7)14)4-6-3-10(6)1-2-10/h5-6H,1-4,11H2,(H,12,14,15). The Bertz CT molecular complexity index is 524. The lowest BCUT2D eigenvalue weighted by atomic mass is 10.3. The summed E-state index contributed by atoms with van der Waals surface area (Å²) in [6.07, 6.45) is 5.27. The van der Waals surface area contributed by atoms with Crippen LogP contribution < -0.4 is 17.0 Å². The number of H-pyrrole nitrogens is 1. The van der Waals surface area contributed by atoms with Crippen LogP contribution >= 0.6 is 0 Å². The van der Waals surface area contributed by atoms with E-state index in [0.29, 0.717) is 17.9 Å². The third-order valence-electron chi connectivity index (χ3n) is 3.71. The van der Waals surface area contributed by atoms with Crippen molar-refractivity contribution in [3.8, 4) is 0 Å². The number of nitrogens with one attached hydrogen (secondary N) is 1. The van der Waals surface area contributed by atoms with Gasteiger partial charge in [0.15, 0.2) is 0 Å². The van der Waals surface area contributed by atoms with Crippen molar-refractivity contribution in [3.05, 3.63) is 27.0 Å². The van der Waals surface area contributed by atoms with Gasteiger partial charge in [-0.3, -0.25) is 14.3 Å². The Balaban J connectivity index is 1.88. The highest BCUT2D eigenvalue weighted by Crippen LogP contribution is 2.70. The van der Waals surface area contributed by atoms with E-state index >= 15 is 0 Å². The first-order chi connectivity index (χ1) is 7.11. The molecule has 0 saturated heterocycles. The molecule has 1 unspecified atom stereocenters. The molecule has 0 radical (unpaired) electrons. The Hall–Kier alpha value is -1.52. The van der Waals surface area contributed by atoms with Crippen molar-refractivity contribution in [2.45, 2.75) is 25.8 Å². The van der Waals surface area contributed by atoms with E-state index in [-0.39, 0.29) is 11.4 Å². The highest BCUT2D eigenvalue weighted by molar-refractivity contribution is 5.30. The number of hydrogen-bond acceptors (Lipinski definition) is 3. The lowest BCUT2D eigenvalue weighted by Gasteiger charge is -2.04. The van der Waals surface area contributed by atoms with Gasteiger partial charge in [-0.05, 0) is 30.6 Å². The lowest BCUT2D eigenvalue weighted by molar-refractivity contribution is 0.548. The number of nitrogens with zero attached hydrogens (tertiary/aromatic N) is 1. The quantitative estimate of drug-likeness (QED) is 0.711. The van der Waals surface area contributed by atoms with Crippen LogP contribution in [-0.2, 0) is 6.54 Å². The maximum atomic E-state index is 11.4. The Labute approximate surface area is 85.9 Å². The predicted molar refractivity (Wildman–Crippen MR) is 55.5 cm³/mol.